The molecule has 2 aromatic heterocycles. The highest BCUT2D eigenvalue weighted by atomic mass is 127. The molecule has 0 saturated carbocycles. The van der Waals surface area contributed by atoms with Gasteiger partial charge in [0.1, 0.15) is 10.5 Å². The van der Waals surface area contributed by atoms with Gasteiger partial charge in [-0.2, -0.15) is 0 Å². The van der Waals surface area contributed by atoms with Crippen LogP contribution in [-0.2, 0) is 4.74 Å². The molecule has 0 aliphatic carbocycles. The Balaban J connectivity index is 2.27. The molecule has 0 atom stereocenters. The third-order valence-corrected chi connectivity index (χ3v) is 4.92. The highest BCUT2D eigenvalue weighted by Crippen LogP contribution is 2.34. The maximum Gasteiger partial charge on any atom is 0.348 e. The molecule has 0 aliphatic heterocycles. The Morgan fingerprint density at radius 2 is 2.00 bits per heavy atom. The number of hydrogen-bond donors (Lipinski definition) is 0. The van der Waals surface area contributed by atoms with Crippen LogP contribution in [0, 0.1) is 2.88 Å². The van der Waals surface area contributed by atoms with Crippen molar-refractivity contribution in [3.8, 4) is 0 Å². The largest absolute Gasteiger partial charge is 0.456 e. The number of halogens is 1. The Kier molecular flexibility index (Phi) is 3.29. The number of carbonyl (C=O) groups excluding carboxylic acids is 1. The molecular weight excluding hydrogens is 355 g/mol. The third kappa shape index (κ3) is 2.75. The zero-order chi connectivity index (χ0) is 11.9. The fourth-order valence-electron chi connectivity index (χ4n) is 1.24. The summed E-state index contributed by atoms with van der Waals surface area (Å²) in [5.74, 6) is -0.226. The van der Waals surface area contributed by atoms with E-state index in [0.29, 0.717) is 4.88 Å². The molecular formula is C11H11IO2S2. The predicted octanol–water partition coefficient (Wildman–Crippen LogP) is 4.52. The molecule has 5 heteroatoms. The zero-order valence-corrected chi connectivity index (χ0v) is 13.0. The van der Waals surface area contributed by atoms with Crippen molar-refractivity contribution < 1.29 is 9.53 Å². The number of ether oxygens (including phenoxy) is 1. The first-order valence-electron chi connectivity index (χ1n) is 4.77. The van der Waals surface area contributed by atoms with E-state index in [4.69, 9.17) is 4.74 Å². The van der Waals surface area contributed by atoms with E-state index in [-0.39, 0.29) is 5.97 Å². The van der Waals surface area contributed by atoms with E-state index in [1.54, 1.807) is 11.3 Å². The van der Waals surface area contributed by atoms with Gasteiger partial charge in [-0.3, -0.25) is 0 Å². The van der Waals surface area contributed by atoms with Crippen molar-refractivity contribution in [2.45, 2.75) is 26.4 Å². The summed E-state index contributed by atoms with van der Waals surface area (Å²) in [7, 11) is 0. The van der Waals surface area contributed by atoms with E-state index in [1.165, 1.54) is 18.2 Å². The number of fused-ring (bicyclic) bond motifs is 1. The molecule has 0 unspecified atom stereocenters. The molecule has 0 aliphatic rings. The van der Waals surface area contributed by atoms with E-state index in [9.17, 15) is 4.79 Å². The van der Waals surface area contributed by atoms with Crippen molar-refractivity contribution in [2.75, 3.05) is 0 Å². The molecule has 0 bridgehead atoms. The van der Waals surface area contributed by atoms with Crippen molar-refractivity contribution in [3.05, 3.63) is 19.9 Å². The van der Waals surface area contributed by atoms with Gasteiger partial charge in [-0.05, 0) is 55.5 Å². The smallest absolute Gasteiger partial charge is 0.348 e. The second kappa shape index (κ2) is 4.27. The quantitative estimate of drug-likeness (QED) is 0.548. The topological polar surface area (TPSA) is 26.3 Å². The van der Waals surface area contributed by atoms with Crippen LogP contribution in [-0.4, -0.2) is 11.6 Å². The minimum atomic E-state index is -0.428. The van der Waals surface area contributed by atoms with Gasteiger partial charge in [0.15, 0.2) is 0 Å². The van der Waals surface area contributed by atoms with Crippen molar-refractivity contribution >= 4 is 60.6 Å². The lowest BCUT2D eigenvalue weighted by Crippen LogP contribution is -2.23. The summed E-state index contributed by atoms with van der Waals surface area (Å²) >= 11 is 5.50. The first kappa shape index (κ1) is 12.3. The van der Waals surface area contributed by atoms with E-state index in [2.05, 4.69) is 28.7 Å². The van der Waals surface area contributed by atoms with Gasteiger partial charge in [-0.25, -0.2) is 4.79 Å². The summed E-state index contributed by atoms with van der Waals surface area (Å²) in [6.07, 6.45) is 0. The van der Waals surface area contributed by atoms with Gasteiger partial charge in [0.05, 0.1) is 6.90 Å². The monoisotopic (exact) mass is 366 g/mol. The highest BCUT2D eigenvalue weighted by Gasteiger charge is 2.20. The first-order valence-corrected chi connectivity index (χ1v) is 7.48. The molecule has 0 N–H and O–H groups in total. The Morgan fingerprint density at radius 1 is 1.31 bits per heavy atom. The third-order valence-electron chi connectivity index (χ3n) is 1.78. The van der Waals surface area contributed by atoms with Crippen LogP contribution in [0.4, 0.5) is 0 Å². The van der Waals surface area contributed by atoms with Gasteiger partial charge in [-0.15, -0.1) is 22.7 Å². The standard InChI is InChI=1S/C11H11IO2S2/c1-11(2,3)14-9(13)7-4-6-5-8(12)16-10(6)15-7/h4-5H,1-3H3. The average molecular weight is 366 g/mol. The lowest BCUT2D eigenvalue weighted by molar-refractivity contribution is 0.00753. The predicted molar refractivity (Wildman–Crippen MR) is 77.6 cm³/mol. The SMILES string of the molecule is CC(C)(C)OC(=O)c1cc2cc(I)sc2s1. The van der Waals surface area contributed by atoms with Gasteiger partial charge < -0.3 is 4.74 Å². The Morgan fingerprint density at radius 3 is 2.56 bits per heavy atom. The van der Waals surface area contributed by atoms with Crippen LogP contribution < -0.4 is 0 Å². The van der Waals surface area contributed by atoms with Crippen molar-refractivity contribution in [1.29, 1.82) is 0 Å². The molecule has 16 heavy (non-hydrogen) atoms. The van der Waals surface area contributed by atoms with Gasteiger partial charge in [0.25, 0.3) is 0 Å². The molecule has 2 nitrogen and oxygen atoms in total. The first-order chi connectivity index (χ1) is 7.35. The van der Waals surface area contributed by atoms with Crippen LogP contribution in [0.1, 0.15) is 30.4 Å². The molecule has 2 aromatic rings. The van der Waals surface area contributed by atoms with Gasteiger partial charge >= 0.3 is 5.97 Å². The van der Waals surface area contributed by atoms with Crippen molar-refractivity contribution in [2.24, 2.45) is 0 Å². The van der Waals surface area contributed by atoms with Crippen LogP contribution in [0.3, 0.4) is 0 Å². The summed E-state index contributed by atoms with van der Waals surface area (Å²) in [6, 6.07) is 4.00. The van der Waals surface area contributed by atoms with Crippen molar-refractivity contribution in [3.63, 3.8) is 0 Å². The fourth-order valence-corrected chi connectivity index (χ4v) is 4.73. The number of thiophene rings is 2. The number of esters is 1. The maximum absolute atomic E-state index is 11.8. The Hall–Kier alpha value is -0.140. The minimum Gasteiger partial charge on any atom is -0.456 e. The number of carbonyl (C=O) groups is 1. The zero-order valence-electron chi connectivity index (χ0n) is 9.17. The summed E-state index contributed by atoms with van der Waals surface area (Å²) in [6.45, 7) is 5.64. The average Bonchev–Trinajstić information content (AvgIpc) is 2.56. The maximum atomic E-state index is 11.8. The van der Waals surface area contributed by atoms with Crippen LogP contribution in [0.25, 0.3) is 9.40 Å². The lowest BCUT2D eigenvalue weighted by Gasteiger charge is -2.18. The summed E-state index contributed by atoms with van der Waals surface area (Å²) in [5, 5.41) is 1.14. The fraction of sp³-hybridized carbons (Fsp3) is 0.364. The van der Waals surface area contributed by atoms with E-state index >= 15 is 0 Å². The van der Waals surface area contributed by atoms with E-state index in [1.807, 2.05) is 26.8 Å². The number of rotatable bonds is 1. The summed E-state index contributed by atoms with van der Waals surface area (Å²) in [4.78, 5) is 12.5. The van der Waals surface area contributed by atoms with Crippen LogP contribution in [0.15, 0.2) is 12.1 Å². The highest BCUT2D eigenvalue weighted by molar-refractivity contribution is 14.1. The number of hydrogen-bond acceptors (Lipinski definition) is 4. The lowest BCUT2D eigenvalue weighted by atomic mass is 10.2. The molecule has 0 saturated heterocycles. The van der Waals surface area contributed by atoms with Gasteiger partial charge in [-0.1, -0.05) is 0 Å². The molecule has 0 radical (unpaired) electrons. The van der Waals surface area contributed by atoms with Crippen molar-refractivity contribution in [1.82, 2.24) is 0 Å². The normalized spacial score (nSPS) is 12.0. The second-order valence-electron chi connectivity index (χ2n) is 4.41. The summed E-state index contributed by atoms with van der Waals surface area (Å²) in [5.41, 5.74) is -0.428. The molecule has 86 valence electrons. The molecule has 2 rings (SSSR count). The minimum absolute atomic E-state index is 0.226. The van der Waals surface area contributed by atoms with E-state index in [0.717, 1.165) is 5.39 Å². The molecule has 0 spiro atoms. The Labute approximate surface area is 116 Å². The van der Waals surface area contributed by atoms with Gasteiger partial charge in [0.2, 0.25) is 0 Å². The van der Waals surface area contributed by atoms with Gasteiger partial charge in [0, 0.05) is 5.39 Å². The Bertz CT molecular complexity index is 502. The van der Waals surface area contributed by atoms with Crippen LogP contribution in [0.5, 0.6) is 0 Å². The second-order valence-corrected chi connectivity index (χ2v) is 8.66. The van der Waals surface area contributed by atoms with E-state index < -0.39 is 5.60 Å². The molecule has 0 fully saturated rings. The molecule has 2 heterocycles. The van der Waals surface area contributed by atoms with Crippen LogP contribution in [0.2, 0.25) is 0 Å². The van der Waals surface area contributed by atoms with Crippen LogP contribution >= 0.6 is 45.3 Å². The molecule has 0 amide bonds. The summed E-state index contributed by atoms with van der Waals surface area (Å²) < 4.78 is 7.76. The molecule has 0 aromatic carbocycles.